The van der Waals surface area contributed by atoms with Gasteiger partial charge in [0.15, 0.2) is 0 Å². The number of hydrogen-bond acceptors (Lipinski definition) is 4. The molecular weight excluding hydrogens is 282 g/mol. The van der Waals surface area contributed by atoms with Gasteiger partial charge in [0.25, 0.3) is 0 Å². The van der Waals surface area contributed by atoms with Gasteiger partial charge in [-0.3, -0.25) is 0 Å². The lowest BCUT2D eigenvalue weighted by molar-refractivity contribution is 0.0601. The Bertz CT molecular complexity index is 639. The van der Waals surface area contributed by atoms with E-state index in [-0.39, 0.29) is 5.97 Å². The maximum Gasteiger partial charge on any atom is 0.337 e. The minimum atomic E-state index is -0.305. The lowest BCUT2D eigenvalue weighted by Gasteiger charge is -2.26. The Morgan fingerprint density at radius 1 is 1.19 bits per heavy atom. The fourth-order valence-corrected chi connectivity index (χ4v) is 3.64. The largest absolute Gasteiger partial charge is 0.465 e. The number of benzene rings is 2. The molecule has 0 aromatic heterocycles. The molecule has 0 fully saturated rings. The zero-order valence-corrected chi connectivity index (χ0v) is 12.7. The third-order valence-corrected chi connectivity index (χ3v) is 4.73. The van der Waals surface area contributed by atoms with Crippen LogP contribution in [0.5, 0.6) is 0 Å². The van der Waals surface area contributed by atoms with Gasteiger partial charge in [-0.15, -0.1) is 11.8 Å². The number of esters is 1. The normalized spacial score (nSPS) is 16.9. The van der Waals surface area contributed by atoms with Gasteiger partial charge >= 0.3 is 5.97 Å². The van der Waals surface area contributed by atoms with Crippen LogP contribution >= 0.6 is 11.8 Å². The summed E-state index contributed by atoms with van der Waals surface area (Å²) in [6, 6.07) is 16.3. The Morgan fingerprint density at radius 3 is 2.71 bits per heavy atom. The summed E-state index contributed by atoms with van der Waals surface area (Å²) in [5.74, 6) is 0.815. The van der Waals surface area contributed by atoms with Crippen LogP contribution in [-0.4, -0.2) is 18.8 Å². The van der Waals surface area contributed by atoms with Crippen LogP contribution in [0.3, 0.4) is 0 Å². The van der Waals surface area contributed by atoms with Gasteiger partial charge in [-0.1, -0.05) is 18.2 Å². The minimum absolute atomic E-state index is 0.305. The molecule has 4 heteroatoms. The molecule has 0 saturated heterocycles. The van der Waals surface area contributed by atoms with Crippen LogP contribution in [0.1, 0.15) is 28.4 Å². The van der Waals surface area contributed by atoms with Crippen molar-refractivity contribution < 1.29 is 9.53 Å². The summed E-state index contributed by atoms with van der Waals surface area (Å²) < 4.78 is 4.71. The number of carbonyl (C=O) groups is 1. The molecular formula is C17H17NO2S. The smallest absolute Gasteiger partial charge is 0.337 e. The molecule has 1 atom stereocenters. The number of ether oxygens (including phenoxy) is 1. The third kappa shape index (κ3) is 3.05. The van der Waals surface area contributed by atoms with Gasteiger partial charge in [0.05, 0.1) is 18.7 Å². The van der Waals surface area contributed by atoms with Crippen molar-refractivity contribution in [2.24, 2.45) is 0 Å². The number of carbonyl (C=O) groups excluding carboxylic acids is 1. The van der Waals surface area contributed by atoms with Crippen molar-refractivity contribution in [3.63, 3.8) is 0 Å². The standard InChI is InChI=1S/C17H17NO2S/c1-20-17(19)12-6-8-13(9-7-12)18-15-10-11-21-16-5-3-2-4-14(15)16/h2-9,15,18H,10-11H2,1H3. The van der Waals surface area contributed by atoms with Gasteiger partial charge in [-0.25, -0.2) is 4.79 Å². The highest BCUT2D eigenvalue weighted by molar-refractivity contribution is 7.99. The number of anilines is 1. The zero-order chi connectivity index (χ0) is 14.7. The average molecular weight is 299 g/mol. The van der Waals surface area contributed by atoms with E-state index in [1.54, 1.807) is 12.1 Å². The van der Waals surface area contributed by atoms with Crippen molar-refractivity contribution >= 4 is 23.4 Å². The van der Waals surface area contributed by atoms with E-state index >= 15 is 0 Å². The van der Waals surface area contributed by atoms with Crippen LogP contribution in [-0.2, 0) is 4.74 Å². The molecule has 0 saturated carbocycles. The monoisotopic (exact) mass is 299 g/mol. The van der Waals surface area contributed by atoms with Crippen LogP contribution in [0.2, 0.25) is 0 Å². The highest BCUT2D eigenvalue weighted by Crippen LogP contribution is 2.37. The molecule has 1 heterocycles. The molecule has 0 radical (unpaired) electrons. The zero-order valence-electron chi connectivity index (χ0n) is 11.8. The summed E-state index contributed by atoms with van der Waals surface area (Å²) in [6.07, 6.45) is 1.10. The first-order valence-corrected chi connectivity index (χ1v) is 7.93. The molecule has 3 nitrogen and oxygen atoms in total. The molecule has 0 amide bonds. The summed E-state index contributed by atoms with van der Waals surface area (Å²) in [6.45, 7) is 0. The number of hydrogen-bond donors (Lipinski definition) is 1. The molecule has 1 unspecified atom stereocenters. The van der Waals surface area contributed by atoms with E-state index in [0.29, 0.717) is 11.6 Å². The van der Waals surface area contributed by atoms with E-state index in [1.165, 1.54) is 17.6 Å². The van der Waals surface area contributed by atoms with Crippen molar-refractivity contribution in [3.05, 3.63) is 59.7 Å². The first-order chi connectivity index (χ1) is 10.3. The second-order valence-corrected chi connectivity index (χ2v) is 6.08. The Kier molecular flexibility index (Phi) is 4.15. The van der Waals surface area contributed by atoms with Crippen LogP contribution in [0.15, 0.2) is 53.4 Å². The maximum absolute atomic E-state index is 11.4. The second kappa shape index (κ2) is 6.22. The second-order valence-electron chi connectivity index (χ2n) is 4.94. The van der Waals surface area contributed by atoms with E-state index in [0.717, 1.165) is 17.9 Å². The first kappa shape index (κ1) is 14.0. The van der Waals surface area contributed by atoms with Gasteiger partial charge in [0.2, 0.25) is 0 Å². The SMILES string of the molecule is COC(=O)c1ccc(NC2CCSc3ccccc32)cc1. The van der Waals surface area contributed by atoms with Crippen molar-refractivity contribution in [3.8, 4) is 0 Å². The molecule has 108 valence electrons. The summed E-state index contributed by atoms with van der Waals surface area (Å²) in [4.78, 5) is 12.8. The number of fused-ring (bicyclic) bond motifs is 1. The number of rotatable bonds is 3. The Labute approximate surface area is 128 Å². The van der Waals surface area contributed by atoms with Gasteiger partial charge in [0, 0.05) is 16.3 Å². The molecule has 0 bridgehead atoms. The highest BCUT2D eigenvalue weighted by Gasteiger charge is 2.20. The van der Waals surface area contributed by atoms with E-state index in [4.69, 9.17) is 4.74 Å². The van der Waals surface area contributed by atoms with Crippen LogP contribution < -0.4 is 5.32 Å². The van der Waals surface area contributed by atoms with Crippen molar-refractivity contribution in [2.45, 2.75) is 17.4 Å². The van der Waals surface area contributed by atoms with Gasteiger partial charge in [-0.05, 0) is 42.3 Å². The van der Waals surface area contributed by atoms with Crippen LogP contribution in [0.4, 0.5) is 5.69 Å². The van der Waals surface area contributed by atoms with E-state index in [9.17, 15) is 4.79 Å². The van der Waals surface area contributed by atoms with Crippen LogP contribution in [0.25, 0.3) is 0 Å². The fraction of sp³-hybridized carbons (Fsp3) is 0.235. The molecule has 1 aliphatic heterocycles. The summed E-state index contributed by atoms with van der Waals surface area (Å²) >= 11 is 1.91. The van der Waals surface area contributed by atoms with E-state index < -0.39 is 0 Å². The van der Waals surface area contributed by atoms with Crippen molar-refractivity contribution in [1.29, 1.82) is 0 Å². The topological polar surface area (TPSA) is 38.3 Å². The minimum Gasteiger partial charge on any atom is -0.465 e. The molecule has 1 aliphatic rings. The predicted molar refractivity (Wildman–Crippen MR) is 85.9 cm³/mol. The van der Waals surface area contributed by atoms with Crippen molar-refractivity contribution in [1.82, 2.24) is 0 Å². The number of thioether (sulfide) groups is 1. The summed E-state index contributed by atoms with van der Waals surface area (Å²) in [5.41, 5.74) is 2.95. The van der Waals surface area contributed by atoms with Gasteiger partial charge in [0.1, 0.15) is 0 Å². The van der Waals surface area contributed by atoms with E-state index in [2.05, 4.69) is 29.6 Å². The quantitative estimate of drug-likeness (QED) is 0.865. The lowest BCUT2D eigenvalue weighted by Crippen LogP contribution is -2.16. The molecule has 21 heavy (non-hydrogen) atoms. The summed E-state index contributed by atoms with van der Waals surface area (Å²) in [7, 11) is 1.39. The maximum atomic E-state index is 11.4. The van der Waals surface area contributed by atoms with E-state index in [1.807, 2.05) is 23.9 Å². The molecule has 3 rings (SSSR count). The van der Waals surface area contributed by atoms with Gasteiger partial charge < -0.3 is 10.1 Å². The lowest BCUT2D eigenvalue weighted by atomic mass is 10.0. The highest BCUT2D eigenvalue weighted by atomic mass is 32.2. The molecule has 0 spiro atoms. The molecule has 2 aromatic carbocycles. The average Bonchev–Trinajstić information content (AvgIpc) is 2.55. The predicted octanol–water partition coefficient (Wildman–Crippen LogP) is 4.12. The first-order valence-electron chi connectivity index (χ1n) is 6.94. The molecule has 2 aromatic rings. The van der Waals surface area contributed by atoms with Crippen molar-refractivity contribution in [2.75, 3.05) is 18.2 Å². The Balaban J connectivity index is 1.77. The molecule has 1 N–H and O–H groups in total. The number of methoxy groups -OCH3 is 1. The number of nitrogens with one attached hydrogen (secondary N) is 1. The third-order valence-electron chi connectivity index (χ3n) is 3.61. The fourth-order valence-electron chi connectivity index (χ4n) is 2.51. The van der Waals surface area contributed by atoms with Gasteiger partial charge in [-0.2, -0.15) is 0 Å². The van der Waals surface area contributed by atoms with Crippen LogP contribution in [0, 0.1) is 0 Å². The Hall–Kier alpha value is -1.94. The Morgan fingerprint density at radius 2 is 1.95 bits per heavy atom. The molecule has 0 aliphatic carbocycles. The summed E-state index contributed by atoms with van der Waals surface area (Å²) in [5, 5.41) is 3.56.